The highest BCUT2D eigenvalue weighted by Crippen LogP contribution is 2.24. The summed E-state index contributed by atoms with van der Waals surface area (Å²) in [5.74, 6) is 0.709. The molecule has 0 radical (unpaired) electrons. The highest BCUT2D eigenvalue weighted by Gasteiger charge is 2.10. The quantitative estimate of drug-likeness (QED) is 0.627. The van der Waals surface area contributed by atoms with E-state index >= 15 is 0 Å². The smallest absolute Gasteiger partial charge is 0.254 e. The lowest BCUT2D eigenvalue weighted by Crippen LogP contribution is -2.03. The molecule has 0 spiro atoms. The third-order valence-electron chi connectivity index (χ3n) is 3.46. The Morgan fingerprint density at radius 2 is 1.74 bits per heavy atom. The van der Waals surface area contributed by atoms with Crippen LogP contribution in [0.25, 0.3) is 17.0 Å². The fourth-order valence-electron chi connectivity index (χ4n) is 2.36. The molecule has 0 aliphatic rings. The van der Waals surface area contributed by atoms with Gasteiger partial charge in [0.25, 0.3) is 5.78 Å². The van der Waals surface area contributed by atoms with Crippen molar-refractivity contribution in [3.05, 3.63) is 72.8 Å². The Morgan fingerprint density at radius 3 is 2.57 bits per heavy atom. The van der Waals surface area contributed by atoms with E-state index in [4.69, 9.17) is 0 Å². The Hall–Kier alpha value is -3.28. The number of para-hydroxylation sites is 1. The average Bonchev–Trinajstić information content (AvgIpc) is 3.06. The van der Waals surface area contributed by atoms with Gasteiger partial charge in [-0.05, 0) is 12.1 Å². The van der Waals surface area contributed by atoms with Gasteiger partial charge in [-0.15, -0.1) is 0 Å². The van der Waals surface area contributed by atoms with Gasteiger partial charge in [0.15, 0.2) is 0 Å². The maximum atomic E-state index is 13.9. The van der Waals surface area contributed by atoms with Gasteiger partial charge in [0.1, 0.15) is 18.0 Å². The van der Waals surface area contributed by atoms with Crippen molar-refractivity contribution in [3.8, 4) is 11.3 Å². The second kappa shape index (κ2) is 5.49. The number of nitrogens with zero attached hydrogens (tertiary/aromatic N) is 4. The molecule has 2 aromatic carbocycles. The third kappa shape index (κ3) is 2.50. The minimum atomic E-state index is -0.334. The van der Waals surface area contributed by atoms with Gasteiger partial charge in [-0.2, -0.15) is 14.6 Å². The lowest BCUT2D eigenvalue weighted by atomic mass is 10.1. The lowest BCUT2D eigenvalue weighted by Gasteiger charge is -2.10. The first-order chi connectivity index (χ1) is 11.3. The van der Waals surface area contributed by atoms with Crippen LogP contribution < -0.4 is 5.32 Å². The molecule has 0 bridgehead atoms. The monoisotopic (exact) mass is 305 g/mol. The van der Waals surface area contributed by atoms with Gasteiger partial charge in [0.2, 0.25) is 0 Å². The van der Waals surface area contributed by atoms with Crippen LogP contribution in [0.2, 0.25) is 0 Å². The molecule has 4 aromatic rings. The number of halogens is 1. The molecule has 0 aliphatic carbocycles. The van der Waals surface area contributed by atoms with E-state index in [9.17, 15) is 4.39 Å². The second-order valence-electron chi connectivity index (χ2n) is 4.97. The van der Waals surface area contributed by atoms with Crippen LogP contribution in [0.15, 0.2) is 67.0 Å². The number of hydrogen-bond donors (Lipinski definition) is 1. The van der Waals surface area contributed by atoms with Crippen molar-refractivity contribution >= 4 is 17.3 Å². The molecule has 1 N–H and O–H groups in total. The number of nitrogens with one attached hydrogen (secondary N) is 1. The van der Waals surface area contributed by atoms with Gasteiger partial charge in [-0.25, -0.2) is 9.37 Å². The maximum absolute atomic E-state index is 13.9. The third-order valence-corrected chi connectivity index (χ3v) is 3.46. The molecule has 0 saturated heterocycles. The highest BCUT2D eigenvalue weighted by atomic mass is 19.1. The van der Waals surface area contributed by atoms with Crippen LogP contribution in [0.5, 0.6) is 0 Å². The van der Waals surface area contributed by atoms with Gasteiger partial charge >= 0.3 is 0 Å². The fraction of sp³-hybridized carbons (Fsp3) is 0. The van der Waals surface area contributed by atoms with Crippen molar-refractivity contribution in [1.29, 1.82) is 0 Å². The van der Waals surface area contributed by atoms with Gasteiger partial charge in [-0.1, -0.05) is 42.5 Å². The van der Waals surface area contributed by atoms with E-state index in [1.165, 1.54) is 12.4 Å². The summed E-state index contributed by atoms with van der Waals surface area (Å²) in [6.07, 6.45) is 1.42. The first-order valence-electron chi connectivity index (χ1n) is 7.09. The van der Waals surface area contributed by atoms with Crippen LogP contribution in [-0.2, 0) is 0 Å². The largest absolute Gasteiger partial charge is 0.338 e. The van der Waals surface area contributed by atoms with E-state index in [1.807, 2.05) is 36.4 Å². The zero-order chi connectivity index (χ0) is 15.6. The molecule has 0 saturated carbocycles. The number of rotatable bonds is 3. The SMILES string of the molecule is Fc1ccccc1Nc1cc(-c2ccccc2)nc2ncnn12. The Bertz CT molecular complexity index is 965. The highest BCUT2D eigenvalue weighted by molar-refractivity contribution is 5.68. The summed E-state index contributed by atoms with van der Waals surface area (Å²) < 4.78 is 15.4. The van der Waals surface area contributed by atoms with Crippen molar-refractivity contribution in [2.45, 2.75) is 0 Å². The molecule has 0 unspecified atom stereocenters. The van der Waals surface area contributed by atoms with Gasteiger partial charge in [0.05, 0.1) is 11.4 Å². The molecule has 2 heterocycles. The van der Waals surface area contributed by atoms with Crippen molar-refractivity contribution in [3.63, 3.8) is 0 Å². The van der Waals surface area contributed by atoms with E-state index in [0.29, 0.717) is 17.3 Å². The number of hydrogen-bond acceptors (Lipinski definition) is 4. The van der Waals surface area contributed by atoms with Crippen LogP contribution in [-0.4, -0.2) is 19.6 Å². The summed E-state index contributed by atoms with van der Waals surface area (Å²) in [5, 5.41) is 7.19. The average molecular weight is 305 g/mol. The molecular formula is C17H12FN5. The zero-order valence-corrected chi connectivity index (χ0v) is 12.0. The standard InChI is InChI=1S/C17H12FN5/c18-13-8-4-5-9-14(13)21-16-10-15(12-6-2-1-3-7-12)22-17-19-11-20-23(16)17/h1-11,21H. The van der Waals surface area contributed by atoms with E-state index in [0.717, 1.165) is 11.3 Å². The van der Waals surface area contributed by atoms with Crippen molar-refractivity contribution in [1.82, 2.24) is 19.6 Å². The summed E-state index contributed by atoms with van der Waals surface area (Å²) in [4.78, 5) is 8.62. The molecule has 0 aliphatic heterocycles. The summed E-state index contributed by atoms with van der Waals surface area (Å²) >= 11 is 0. The molecule has 112 valence electrons. The predicted octanol–water partition coefficient (Wildman–Crippen LogP) is 3.67. The summed E-state index contributed by atoms with van der Waals surface area (Å²) in [5.41, 5.74) is 2.06. The van der Waals surface area contributed by atoms with Crippen LogP contribution in [0.3, 0.4) is 0 Å². The predicted molar refractivity (Wildman–Crippen MR) is 85.9 cm³/mol. The maximum Gasteiger partial charge on any atom is 0.254 e. The number of anilines is 2. The van der Waals surface area contributed by atoms with E-state index in [2.05, 4.69) is 20.4 Å². The van der Waals surface area contributed by atoms with Gasteiger partial charge < -0.3 is 5.32 Å². The second-order valence-corrected chi connectivity index (χ2v) is 4.97. The molecule has 0 atom stereocenters. The zero-order valence-electron chi connectivity index (χ0n) is 12.0. The van der Waals surface area contributed by atoms with Crippen molar-refractivity contribution in [2.75, 3.05) is 5.32 Å². The molecule has 2 aromatic heterocycles. The summed E-state index contributed by atoms with van der Waals surface area (Å²) in [6, 6.07) is 18.0. The normalized spacial score (nSPS) is 10.8. The number of benzene rings is 2. The molecule has 0 amide bonds. The first-order valence-corrected chi connectivity index (χ1v) is 7.09. The molecule has 4 rings (SSSR count). The molecular weight excluding hydrogens is 293 g/mol. The van der Waals surface area contributed by atoms with Crippen molar-refractivity contribution in [2.24, 2.45) is 0 Å². The molecule has 0 fully saturated rings. The van der Waals surface area contributed by atoms with Crippen LogP contribution in [0.4, 0.5) is 15.9 Å². The minimum absolute atomic E-state index is 0.334. The van der Waals surface area contributed by atoms with Crippen LogP contribution >= 0.6 is 0 Å². The van der Waals surface area contributed by atoms with E-state index < -0.39 is 0 Å². The number of fused-ring (bicyclic) bond motifs is 1. The topological polar surface area (TPSA) is 55.1 Å². The Morgan fingerprint density at radius 1 is 0.957 bits per heavy atom. The van der Waals surface area contributed by atoms with E-state index in [1.54, 1.807) is 22.7 Å². The molecule has 23 heavy (non-hydrogen) atoms. The minimum Gasteiger partial charge on any atom is -0.338 e. The molecule has 5 nitrogen and oxygen atoms in total. The van der Waals surface area contributed by atoms with E-state index in [-0.39, 0.29) is 5.82 Å². The summed E-state index contributed by atoms with van der Waals surface area (Å²) in [7, 11) is 0. The number of aromatic nitrogens is 4. The Labute approximate surface area is 131 Å². The fourth-order valence-corrected chi connectivity index (χ4v) is 2.36. The Kier molecular flexibility index (Phi) is 3.20. The summed E-state index contributed by atoms with van der Waals surface area (Å²) in [6.45, 7) is 0. The van der Waals surface area contributed by atoms with Gasteiger partial charge in [-0.3, -0.25) is 0 Å². The first kappa shape index (κ1) is 13.4. The van der Waals surface area contributed by atoms with Gasteiger partial charge in [0, 0.05) is 11.6 Å². The van der Waals surface area contributed by atoms with Crippen molar-refractivity contribution < 1.29 is 4.39 Å². The van der Waals surface area contributed by atoms with Crippen LogP contribution in [0.1, 0.15) is 0 Å². The van der Waals surface area contributed by atoms with Crippen LogP contribution in [0, 0.1) is 5.82 Å². The Balaban J connectivity index is 1.85. The molecule has 6 heteroatoms. The lowest BCUT2D eigenvalue weighted by molar-refractivity contribution is 0.631.